The molecule has 3 N–H and O–H groups in total. The second kappa shape index (κ2) is 8.43. The summed E-state index contributed by atoms with van der Waals surface area (Å²) in [5.41, 5.74) is 1.86. The van der Waals surface area contributed by atoms with Gasteiger partial charge < -0.3 is 20.6 Å². The van der Waals surface area contributed by atoms with E-state index in [0.717, 1.165) is 38.1 Å². The summed E-state index contributed by atoms with van der Waals surface area (Å²) >= 11 is 0. The highest BCUT2D eigenvalue weighted by Gasteiger charge is 2.49. The van der Waals surface area contributed by atoms with E-state index >= 15 is 0 Å². The van der Waals surface area contributed by atoms with E-state index in [1.807, 2.05) is 13.1 Å². The predicted octanol–water partition coefficient (Wildman–Crippen LogP) is 1.03. The average molecular weight is 416 g/mol. The van der Waals surface area contributed by atoms with Gasteiger partial charge in [0, 0.05) is 36.7 Å². The number of amides is 3. The Labute approximate surface area is 175 Å². The molecule has 1 aliphatic carbocycles. The lowest BCUT2D eigenvalue weighted by Crippen LogP contribution is -2.60. The van der Waals surface area contributed by atoms with Crippen molar-refractivity contribution in [3.8, 4) is 0 Å². The number of carbonyl (C=O) groups excluding carboxylic acids is 3. The lowest BCUT2D eigenvalue weighted by molar-refractivity contribution is -0.825. The number of carbonyl (C=O) groups is 3. The van der Waals surface area contributed by atoms with Crippen LogP contribution < -0.4 is 16.0 Å². The van der Waals surface area contributed by atoms with Crippen LogP contribution in [0.1, 0.15) is 48.0 Å². The van der Waals surface area contributed by atoms with E-state index in [-0.39, 0.29) is 25.5 Å². The average Bonchev–Trinajstić information content (AvgIpc) is 2.93. The zero-order chi connectivity index (χ0) is 21.3. The van der Waals surface area contributed by atoms with Gasteiger partial charge >= 0.3 is 5.91 Å². The van der Waals surface area contributed by atoms with Crippen LogP contribution in [0.2, 0.25) is 0 Å². The molecule has 2 atom stereocenters. The van der Waals surface area contributed by atoms with Crippen molar-refractivity contribution in [1.29, 1.82) is 0 Å². The summed E-state index contributed by atoms with van der Waals surface area (Å²) in [6.45, 7) is 1.61. The van der Waals surface area contributed by atoms with Crippen molar-refractivity contribution in [2.75, 3.05) is 25.5 Å². The molecule has 0 spiro atoms. The molecule has 1 aromatic carbocycles. The number of hydroxylamine groups is 3. The minimum Gasteiger partial charge on any atom is -0.624 e. The SMILES string of the molecule is CNCCCOC1CC(Nc2ccc3c(c2)C[N+]([O-])(C2CCC(=O)NC2=O)C3=O)C1. The van der Waals surface area contributed by atoms with Crippen molar-refractivity contribution >= 4 is 23.4 Å². The summed E-state index contributed by atoms with van der Waals surface area (Å²) in [5.74, 6) is -1.66. The van der Waals surface area contributed by atoms with Crippen LogP contribution in [-0.2, 0) is 20.9 Å². The fraction of sp³-hybridized carbons (Fsp3) is 0.571. The summed E-state index contributed by atoms with van der Waals surface area (Å²) in [7, 11) is 1.92. The molecule has 2 unspecified atom stereocenters. The number of benzene rings is 1. The molecular formula is C21H28N4O5. The molecule has 3 aliphatic rings. The topological polar surface area (TPSA) is 120 Å². The van der Waals surface area contributed by atoms with Gasteiger partial charge in [-0.15, -0.1) is 0 Å². The van der Waals surface area contributed by atoms with Gasteiger partial charge in [-0.1, -0.05) is 0 Å². The summed E-state index contributed by atoms with van der Waals surface area (Å²) < 4.78 is 4.57. The van der Waals surface area contributed by atoms with Gasteiger partial charge in [0.25, 0.3) is 5.91 Å². The molecule has 2 heterocycles. The van der Waals surface area contributed by atoms with E-state index in [0.29, 0.717) is 17.2 Å². The van der Waals surface area contributed by atoms with Crippen molar-refractivity contribution in [2.24, 2.45) is 0 Å². The maximum atomic E-state index is 13.3. The van der Waals surface area contributed by atoms with Gasteiger partial charge in [-0.25, -0.2) is 4.79 Å². The third-order valence-electron chi connectivity index (χ3n) is 6.19. The first-order valence-electron chi connectivity index (χ1n) is 10.5. The molecule has 0 bridgehead atoms. The van der Waals surface area contributed by atoms with E-state index in [9.17, 15) is 19.6 Å². The van der Waals surface area contributed by atoms with E-state index in [1.54, 1.807) is 12.1 Å². The van der Waals surface area contributed by atoms with Gasteiger partial charge in [0.05, 0.1) is 11.7 Å². The Morgan fingerprint density at radius 2 is 2.07 bits per heavy atom. The third kappa shape index (κ3) is 3.98. The molecule has 0 radical (unpaired) electrons. The lowest BCUT2D eigenvalue weighted by Gasteiger charge is -2.42. The Bertz CT molecular complexity index is 854. The minimum absolute atomic E-state index is 0.0783. The standard InChI is InChI=1S/C21H28N4O5/c1-22-7-2-8-30-16-10-15(11-16)23-14-3-4-17-13(9-14)12-25(29,21(17)28)18-5-6-19(26)24-20(18)27/h3-4,9,15-16,18,22-23H,2,5-8,10-12H2,1H3,(H,24,26,27). The monoisotopic (exact) mass is 416 g/mol. The normalized spacial score (nSPS) is 30.6. The minimum atomic E-state index is -1.25. The van der Waals surface area contributed by atoms with Crippen LogP contribution in [0.4, 0.5) is 5.69 Å². The van der Waals surface area contributed by atoms with Crippen LogP contribution >= 0.6 is 0 Å². The zero-order valence-corrected chi connectivity index (χ0v) is 17.1. The van der Waals surface area contributed by atoms with Crippen LogP contribution in [0.15, 0.2) is 18.2 Å². The van der Waals surface area contributed by atoms with Gasteiger partial charge in [-0.05, 0) is 51.1 Å². The van der Waals surface area contributed by atoms with Crippen molar-refractivity contribution in [1.82, 2.24) is 10.6 Å². The van der Waals surface area contributed by atoms with Crippen molar-refractivity contribution in [3.63, 3.8) is 0 Å². The van der Waals surface area contributed by atoms with Crippen LogP contribution in [0, 0.1) is 5.21 Å². The van der Waals surface area contributed by atoms with Crippen LogP contribution in [0.25, 0.3) is 0 Å². The molecule has 30 heavy (non-hydrogen) atoms. The van der Waals surface area contributed by atoms with Gasteiger partial charge in [-0.2, -0.15) is 0 Å². The van der Waals surface area contributed by atoms with Crippen molar-refractivity contribution in [3.05, 3.63) is 34.5 Å². The Hall–Kier alpha value is -2.33. The maximum absolute atomic E-state index is 13.3. The number of nitrogens with one attached hydrogen (secondary N) is 3. The number of anilines is 1. The molecule has 2 aliphatic heterocycles. The maximum Gasteiger partial charge on any atom is 0.347 e. The number of hydrogen-bond donors (Lipinski definition) is 3. The Kier molecular flexibility index (Phi) is 5.88. The Balaban J connectivity index is 1.35. The van der Waals surface area contributed by atoms with Crippen molar-refractivity contribution in [2.45, 2.75) is 56.8 Å². The Morgan fingerprint density at radius 3 is 2.80 bits per heavy atom. The van der Waals surface area contributed by atoms with E-state index in [2.05, 4.69) is 16.0 Å². The molecule has 162 valence electrons. The van der Waals surface area contributed by atoms with E-state index in [1.165, 1.54) is 0 Å². The second-order valence-electron chi connectivity index (χ2n) is 8.36. The number of quaternary nitrogens is 1. The number of imide groups is 1. The highest BCUT2D eigenvalue weighted by Crippen LogP contribution is 2.36. The first-order chi connectivity index (χ1) is 14.4. The third-order valence-corrected chi connectivity index (χ3v) is 6.19. The molecule has 1 aromatic rings. The van der Waals surface area contributed by atoms with Gasteiger partial charge in [0.2, 0.25) is 5.91 Å². The molecule has 0 aromatic heterocycles. The predicted molar refractivity (Wildman–Crippen MR) is 109 cm³/mol. The van der Waals surface area contributed by atoms with Gasteiger partial charge in [-0.3, -0.25) is 19.6 Å². The van der Waals surface area contributed by atoms with Crippen LogP contribution in [-0.4, -0.2) is 60.8 Å². The van der Waals surface area contributed by atoms with E-state index < -0.39 is 28.4 Å². The Morgan fingerprint density at radius 1 is 1.27 bits per heavy atom. The number of piperidine rings is 1. The highest BCUT2D eigenvalue weighted by molar-refractivity contribution is 6.02. The molecule has 4 rings (SSSR count). The fourth-order valence-electron chi connectivity index (χ4n) is 4.44. The molecule has 2 fully saturated rings. The fourth-order valence-corrected chi connectivity index (χ4v) is 4.44. The molecule has 1 saturated heterocycles. The highest BCUT2D eigenvalue weighted by atomic mass is 16.6. The molecular weight excluding hydrogens is 388 g/mol. The summed E-state index contributed by atoms with van der Waals surface area (Å²) in [6, 6.07) is 4.52. The number of nitrogens with zero attached hydrogens (tertiary/aromatic N) is 1. The van der Waals surface area contributed by atoms with E-state index in [4.69, 9.17) is 4.74 Å². The number of ether oxygens (including phenoxy) is 1. The van der Waals surface area contributed by atoms with Crippen molar-refractivity contribution < 1.29 is 23.8 Å². The molecule has 1 saturated carbocycles. The zero-order valence-electron chi connectivity index (χ0n) is 17.1. The number of fused-ring (bicyclic) bond motifs is 1. The molecule has 9 heteroatoms. The second-order valence-corrected chi connectivity index (χ2v) is 8.36. The summed E-state index contributed by atoms with van der Waals surface area (Å²) in [5, 5.41) is 22.0. The largest absolute Gasteiger partial charge is 0.624 e. The van der Waals surface area contributed by atoms with Crippen LogP contribution in [0.3, 0.4) is 0 Å². The number of rotatable bonds is 8. The summed E-state index contributed by atoms with van der Waals surface area (Å²) in [4.78, 5) is 36.3. The number of hydrogen-bond acceptors (Lipinski definition) is 7. The first-order valence-corrected chi connectivity index (χ1v) is 10.5. The smallest absolute Gasteiger partial charge is 0.347 e. The van der Waals surface area contributed by atoms with Gasteiger partial charge in [0.15, 0.2) is 6.04 Å². The first kappa shape index (κ1) is 20.9. The quantitative estimate of drug-likeness (QED) is 0.251. The summed E-state index contributed by atoms with van der Waals surface area (Å²) in [6.07, 6.45) is 3.28. The van der Waals surface area contributed by atoms with Crippen LogP contribution in [0.5, 0.6) is 0 Å². The molecule has 9 nitrogen and oxygen atoms in total. The molecule has 3 amide bonds. The van der Waals surface area contributed by atoms with Gasteiger partial charge in [0.1, 0.15) is 6.54 Å². The lowest BCUT2D eigenvalue weighted by atomic mass is 9.89.